The van der Waals surface area contributed by atoms with E-state index < -0.39 is 24.0 Å². The van der Waals surface area contributed by atoms with E-state index in [9.17, 15) is 18.0 Å². The van der Waals surface area contributed by atoms with Gasteiger partial charge in [0.2, 0.25) is 5.91 Å². The van der Waals surface area contributed by atoms with Gasteiger partial charge in [-0.15, -0.1) is 0 Å². The van der Waals surface area contributed by atoms with E-state index in [1.807, 2.05) is 18.2 Å². The third kappa shape index (κ3) is 5.22. The van der Waals surface area contributed by atoms with Crippen LogP contribution in [0.25, 0.3) is 0 Å². The monoisotopic (exact) mass is 393 g/mol. The van der Waals surface area contributed by atoms with Crippen molar-refractivity contribution in [1.29, 1.82) is 0 Å². The molecular formula is C20H22F3N3O2. The Morgan fingerprint density at radius 1 is 1.18 bits per heavy atom. The van der Waals surface area contributed by atoms with Crippen LogP contribution in [0, 0.1) is 5.92 Å². The second-order valence-electron chi connectivity index (χ2n) is 6.92. The third-order valence-corrected chi connectivity index (χ3v) is 4.89. The van der Waals surface area contributed by atoms with E-state index in [2.05, 4.69) is 4.98 Å². The molecule has 2 atom stereocenters. The Morgan fingerprint density at radius 2 is 1.93 bits per heavy atom. The molecule has 2 unspecified atom stereocenters. The van der Waals surface area contributed by atoms with Crippen molar-refractivity contribution < 1.29 is 22.7 Å². The SMILES string of the molecule is NC(=O)C1CCC(C(F)(F)F)N(Cc2ccc(OCc3ccccn3)cc2)C1. The summed E-state index contributed by atoms with van der Waals surface area (Å²) in [6, 6.07) is 10.9. The van der Waals surface area contributed by atoms with Gasteiger partial charge < -0.3 is 10.5 Å². The molecule has 1 aliphatic heterocycles. The van der Waals surface area contributed by atoms with Crippen LogP contribution in [0.1, 0.15) is 24.1 Å². The summed E-state index contributed by atoms with van der Waals surface area (Å²) in [4.78, 5) is 16.9. The third-order valence-electron chi connectivity index (χ3n) is 4.89. The van der Waals surface area contributed by atoms with Crippen LogP contribution in [-0.2, 0) is 17.9 Å². The lowest BCUT2D eigenvalue weighted by atomic mass is 9.91. The first kappa shape index (κ1) is 20.1. The highest BCUT2D eigenvalue weighted by atomic mass is 19.4. The molecule has 150 valence electrons. The first-order valence-corrected chi connectivity index (χ1v) is 9.04. The number of alkyl halides is 3. The maximum atomic E-state index is 13.4. The highest BCUT2D eigenvalue weighted by Crippen LogP contribution is 2.34. The van der Waals surface area contributed by atoms with E-state index >= 15 is 0 Å². The van der Waals surface area contributed by atoms with Crippen LogP contribution >= 0.6 is 0 Å². The summed E-state index contributed by atoms with van der Waals surface area (Å²) in [5.41, 5.74) is 6.81. The van der Waals surface area contributed by atoms with Gasteiger partial charge in [0.25, 0.3) is 0 Å². The molecule has 2 aromatic rings. The summed E-state index contributed by atoms with van der Waals surface area (Å²) in [7, 11) is 0. The predicted octanol–water partition coefficient (Wildman–Crippen LogP) is 3.29. The van der Waals surface area contributed by atoms with Crippen LogP contribution in [-0.4, -0.2) is 34.6 Å². The molecule has 5 nitrogen and oxygen atoms in total. The van der Waals surface area contributed by atoms with Gasteiger partial charge >= 0.3 is 6.18 Å². The van der Waals surface area contributed by atoms with Gasteiger partial charge in [0.05, 0.1) is 11.6 Å². The summed E-state index contributed by atoms with van der Waals surface area (Å²) in [6.07, 6.45) is -2.62. The number of likely N-dealkylation sites (tertiary alicyclic amines) is 1. The minimum Gasteiger partial charge on any atom is -0.487 e. The van der Waals surface area contributed by atoms with E-state index in [-0.39, 0.29) is 25.9 Å². The van der Waals surface area contributed by atoms with Gasteiger partial charge in [-0.25, -0.2) is 0 Å². The average Bonchev–Trinajstić information content (AvgIpc) is 2.67. The maximum absolute atomic E-state index is 13.4. The molecule has 2 heterocycles. The fraction of sp³-hybridized carbons (Fsp3) is 0.400. The Hall–Kier alpha value is -2.61. The fourth-order valence-corrected chi connectivity index (χ4v) is 3.39. The Labute approximate surface area is 161 Å². The van der Waals surface area contributed by atoms with E-state index in [1.54, 1.807) is 30.5 Å². The van der Waals surface area contributed by atoms with Gasteiger partial charge in [-0.05, 0) is 42.7 Å². The second kappa shape index (κ2) is 8.60. The van der Waals surface area contributed by atoms with E-state index in [0.29, 0.717) is 17.9 Å². The van der Waals surface area contributed by atoms with Crippen molar-refractivity contribution in [2.45, 2.75) is 38.2 Å². The van der Waals surface area contributed by atoms with Crippen molar-refractivity contribution in [3.63, 3.8) is 0 Å². The molecule has 3 rings (SSSR count). The zero-order valence-corrected chi connectivity index (χ0v) is 15.2. The molecule has 1 aromatic carbocycles. The summed E-state index contributed by atoms with van der Waals surface area (Å²) >= 11 is 0. The predicted molar refractivity (Wildman–Crippen MR) is 97.2 cm³/mol. The van der Waals surface area contributed by atoms with Crippen LogP contribution in [0.4, 0.5) is 13.2 Å². The summed E-state index contributed by atoms with van der Waals surface area (Å²) in [6.45, 7) is 0.411. The standard InChI is InChI=1S/C20H22F3N3O2/c21-20(22,23)18-9-6-15(19(24)27)12-26(18)11-14-4-7-17(8-5-14)28-13-16-3-1-2-10-25-16/h1-5,7-8,10,15,18H,6,9,11-13H2,(H2,24,27). The minimum absolute atomic E-state index is 0.0113. The molecule has 28 heavy (non-hydrogen) atoms. The molecule has 1 fully saturated rings. The van der Waals surface area contributed by atoms with Crippen molar-refractivity contribution in [3.8, 4) is 5.75 Å². The van der Waals surface area contributed by atoms with Crippen LogP contribution in [0.2, 0.25) is 0 Å². The number of benzene rings is 1. The molecule has 0 spiro atoms. The van der Waals surface area contributed by atoms with Crippen LogP contribution in [0.3, 0.4) is 0 Å². The number of amides is 1. The molecule has 1 aliphatic rings. The number of nitrogens with two attached hydrogens (primary N) is 1. The van der Waals surface area contributed by atoms with Gasteiger partial charge in [0, 0.05) is 19.3 Å². The zero-order chi connectivity index (χ0) is 20.1. The first-order chi connectivity index (χ1) is 13.3. The quantitative estimate of drug-likeness (QED) is 0.818. The van der Waals surface area contributed by atoms with Crippen LogP contribution < -0.4 is 10.5 Å². The molecule has 0 radical (unpaired) electrons. The molecule has 1 aromatic heterocycles. The number of hydrogen-bond donors (Lipinski definition) is 1. The zero-order valence-electron chi connectivity index (χ0n) is 15.2. The first-order valence-electron chi connectivity index (χ1n) is 9.04. The number of primary amides is 1. The van der Waals surface area contributed by atoms with Gasteiger partial charge in [-0.2, -0.15) is 13.2 Å². The van der Waals surface area contributed by atoms with E-state index in [4.69, 9.17) is 10.5 Å². The number of rotatable bonds is 6. The summed E-state index contributed by atoms with van der Waals surface area (Å²) in [5.74, 6) is -0.501. The van der Waals surface area contributed by atoms with Gasteiger partial charge in [0.1, 0.15) is 18.4 Å². The summed E-state index contributed by atoms with van der Waals surface area (Å²) < 4.78 is 45.7. The topological polar surface area (TPSA) is 68.5 Å². The van der Waals surface area contributed by atoms with E-state index in [0.717, 1.165) is 5.69 Å². The molecule has 0 bridgehead atoms. The smallest absolute Gasteiger partial charge is 0.404 e. The number of aromatic nitrogens is 1. The maximum Gasteiger partial charge on any atom is 0.404 e. The number of carbonyl (C=O) groups is 1. The van der Waals surface area contributed by atoms with Crippen molar-refractivity contribution in [2.75, 3.05) is 6.54 Å². The van der Waals surface area contributed by atoms with Gasteiger partial charge in [-0.1, -0.05) is 18.2 Å². The molecular weight excluding hydrogens is 371 g/mol. The normalized spacial score (nSPS) is 20.7. The Balaban J connectivity index is 1.64. The largest absolute Gasteiger partial charge is 0.487 e. The molecule has 8 heteroatoms. The number of hydrogen-bond acceptors (Lipinski definition) is 4. The number of ether oxygens (including phenoxy) is 1. The lowest BCUT2D eigenvalue weighted by molar-refractivity contribution is -0.197. The highest BCUT2D eigenvalue weighted by molar-refractivity contribution is 5.77. The van der Waals surface area contributed by atoms with Gasteiger partial charge in [-0.3, -0.25) is 14.7 Å². The van der Waals surface area contributed by atoms with Crippen molar-refractivity contribution in [2.24, 2.45) is 11.7 Å². The average molecular weight is 393 g/mol. The number of piperidine rings is 1. The van der Waals surface area contributed by atoms with Crippen LogP contribution in [0.5, 0.6) is 5.75 Å². The Kier molecular flexibility index (Phi) is 6.18. The molecule has 2 N–H and O–H groups in total. The molecule has 1 amide bonds. The summed E-state index contributed by atoms with van der Waals surface area (Å²) in [5, 5.41) is 0. The Morgan fingerprint density at radius 3 is 2.54 bits per heavy atom. The number of halogens is 3. The van der Waals surface area contributed by atoms with Crippen molar-refractivity contribution in [3.05, 3.63) is 59.9 Å². The molecule has 1 saturated heterocycles. The lowest BCUT2D eigenvalue weighted by Gasteiger charge is -2.39. The van der Waals surface area contributed by atoms with Crippen molar-refractivity contribution >= 4 is 5.91 Å². The highest BCUT2D eigenvalue weighted by Gasteiger charge is 2.46. The number of pyridine rings is 1. The minimum atomic E-state index is -4.34. The Bertz CT molecular complexity index is 782. The fourth-order valence-electron chi connectivity index (χ4n) is 3.39. The van der Waals surface area contributed by atoms with E-state index in [1.165, 1.54) is 4.90 Å². The second-order valence-corrected chi connectivity index (χ2v) is 6.92. The molecule has 0 aliphatic carbocycles. The molecule has 0 saturated carbocycles. The van der Waals surface area contributed by atoms with Crippen LogP contribution in [0.15, 0.2) is 48.7 Å². The van der Waals surface area contributed by atoms with Gasteiger partial charge in [0.15, 0.2) is 0 Å². The number of nitrogens with zero attached hydrogens (tertiary/aromatic N) is 2. The van der Waals surface area contributed by atoms with Crippen molar-refractivity contribution in [1.82, 2.24) is 9.88 Å². The number of carbonyl (C=O) groups excluding carboxylic acids is 1. The lowest BCUT2D eigenvalue weighted by Crippen LogP contribution is -2.52.